The van der Waals surface area contributed by atoms with Gasteiger partial charge in [0.15, 0.2) is 0 Å². The Morgan fingerprint density at radius 3 is 2.40 bits per heavy atom. The Labute approximate surface area is 69.7 Å². The largest absolute Gasteiger partial charge is 0.292 e. The van der Waals surface area contributed by atoms with Crippen LogP contribution in [0.25, 0.3) is 0 Å². The molecular weight excluding hydrogens is 194 g/mol. The first-order chi connectivity index (χ1) is 4.84. The van der Waals surface area contributed by atoms with Crippen LogP contribution in [0.3, 0.4) is 0 Å². The van der Waals surface area contributed by atoms with Crippen molar-refractivity contribution in [2.45, 2.75) is 32.1 Å². The molecule has 0 aromatic carbocycles. The second-order valence-corrected chi connectivity index (χ2v) is 3.19. The van der Waals surface area contributed by atoms with E-state index in [0.717, 1.165) is 12.8 Å². The molecule has 1 aliphatic carbocycles. The van der Waals surface area contributed by atoms with Gasteiger partial charge in [-0.15, -0.1) is 0 Å². The molecule has 1 aliphatic rings. The van der Waals surface area contributed by atoms with Crippen molar-refractivity contribution in [3.8, 4) is 0 Å². The number of hydrogen-bond donors (Lipinski definition) is 1. The van der Waals surface area contributed by atoms with E-state index in [9.17, 15) is 4.79 Å². The van der Waals surface area contributed by atoms with Crippen molar-refractivity contribution in [2.75, 3.05) is 0 Å². The average molecular weight is 206 g/mol. The Kier molecular flexibility index (Phi) is 3.19. The molecule has 0 radical (unpaired) electrons. The van der Waals surface area contributed by atoms with Crippen LogP contribution in [-0.2, 0) is 4.79 Å². The van der Waals surface area contributed by atoms with Crippen molar-refractivity contribution in [3.05, 3.63) is 0 Å². The van der Waals surface area contributed by atoms with Gasteiger partial charge >= 0.3 is 0 Å². The molecule has 0 aromatic rings. The third-order valence-corrected chi connectivity index (χ3v) is 2.46. The predicted molar refractivity (Wildman–Crippen MR) is 43.6 cm³/mol. The number of amides is 1. The SMILES string of the molecule is O=C(NBr)C1CCCCC1. The van der Waals surface area contributed by atoms with Crippen LogP contribution < -0.4 is 4.34 Å². The van der Waals surface area contributed by atoms with Crippen molar-refractivity contribution in [3.63, 3.8) is 0 Å². The number of hydrogen-bond acceptors (Lipinski definition) is 1. The van der Waals surface area contributed by atoms with E-state index >= 15 is 0 Å². The molecule has 2 nitrogen and oxygen atoms in total. The summed E-state index contributed by atoms with van der Waals surface area (Å²) in [5.74, 6) is 0.424. The van der Waals surface area contributed by atoms with Crippen LogP contribution >= 0.6 is 16.1 Å². The predicted octanol–water partition coefficient (Wildman–Crippen LogP) is 1.99. The Bertz CT molecular complexity index is 121. The minimum atomic E-state index is 0.153. The highest BCUT2D eigenvalue weighted by atomic mass is 79.9. The minimum absolute atomic E-state index is 0.153. The van der Waals surface area contributed by atoms with Crippen LogP contribution in [-0.4, -0.2) is 5.91 Å². The van der Waals surface area contributed by atoms with Crippen molar-refractivity contribution in [1.82, 2.24) is 4.34 Å². The lowest BCUT2D eigenvalue weighted by Crippen LogP contribution is -2.25. The third kappa shape index (κ3) is 1.97. The van der Waals surface area contributed by atoms with Gasteiger partial charge in [-0.1, -0.05) is 19.3 Å². The van der Waals surface area contributed by atoms with E-state index in [1.807, 2.05) is 0 Å². The number of carbonyl (C=O) groups excluding carboxylic acids is 1. The van der Waals surface area contributed by atoms with Gasteiger partial charge in [0.25, 0.3) is 0 Å². The molecule has 10 heavy (non-hydrogen) atoms. The minimum Gasteiger partial charge on any atom is -0.292 e. The highest BCUT2D eigenvalue weighted by Gasteiger charge is 2.19. The second-order valence-electron chi connectivity index (χ2n) is 2.79. The van der Waals surface area contributed by atoms with Gasteiger partial charge in [-0.05, 0) is 12.8 Å². The summed E-state index contributed by atoms with van der Waals surface area (Å²) in [5, 5.41) is 0. The standard InChI is InChI=1S/C7H12BrNO/c8-9-7(10)6-4-2-1-3-5-6/h6H,1-5H2,(H,9,10). The molecule has 0 saturated heterocycles. The fourth-order valence-corrected chi connectivity index (χ4v) is 1.77. The first-order valence-electron chi connectivity index (χ1n) is 3.75. The molecule has 0 heterocycles. The summed E-state index contributed by atoms with van der Waals surface area (Å²) in [4.78, 5) is 11.0. The zero-order valence-corrected chi connectivity index (χ0v) is 7.49. The summed E-state index contributed by atoms with van der Waals surface area (Å²) in [6.07, 6.45) is 5.86. The van der Waals surface area contributed by atoms with Gasteiger partial charge in [0, 0.05) is 22.1 Å². The molecule has 0 aromatic heterocycles. The fraction of sp³-hybridized carbons (Fsp3) is 0.857. The molecule has 0 bridgehead atoms. The van der Waals surface area contributed by atoms with Crippen LogP contribution in [0.15, 0.2) is 0 Å². The molecule has 1 amide bonds. The van der Waals surface area contributed by atoms with Gasteiger partial charge in [0.2, 0.25) is 5.91 Å². The Morgan fingerprint density at radius 1 is 1.30 bits per heavy atom. The lowest BCUT2D eigenvalue weighted by atomic mass is 9.89. The van der Waals surface area contributed by atoms with E-state index in [1.54, 1.807) is 0 Å². The second kappa shape index (κ2) is 3.96. The average Bonchev–Trinajstić information content (AvgIpc) is 2.05. The smallest absolute Gasteiger partial charge is 0.232 e. The van der Waals surface area contributed by atoms with Gasteiger partial charge in [-0.2, -0.15) is 0 Å². The quantitative estimate of drug-likeness (QED) is 0.653. The van der Waals surface area contributed by atoms with Gasteiger partial charge in [0.05, 0.1) is 0 Å². The van der Waals surface area contributed by atoms with Crippen LogP contribution in [0.5, 0.6) is 0 Å². The zero-order chi connectivity index (χ0) is 7.40. The number of halogens is 1. The van der Waals surface area contributed by atoms with Gasteiger partial charge in [0.1, 0.15) is 0 Å². The van der Waals surface area contributed by atoms with E-state index < -0.39 is 0 Å². The van der Waals surface area contributed by atoms with E-state index in [1.165, 1.54) is 19.3 Å². The van der Waals surface area contributed by atoms with Gasteiger partial charge in [-0.3, -0.25) is 9.14 Å². The Balaban J connectivity index is 2.31. The highest BCUT2D eigenvalue weighted by Crippen LogP contribution is 2.23. The number of carbonyl (C=O) groups is 1. The lowest BCUT2D eigenvalue weighted by molar-refractivity contribution is -0.123. The molecule has 0 aliphatic heterocycles. The molecule has 1 N–H and O–H groups in total. The van der Waals surface area contributed by atoms with Crippen LogP contribution in [0.1, 0.15) is 32.1 Å². The molecule has 0 spiro atoms. The molecule has 1 rings (SSSR count). The van der Waals surface area contributed by atoms with E-state index in [4.69, 9.17) is 0 Å². The maximum absolute atomic E-state index is 11.0. The first kappa shape index (κ1) is 8.05. The lowest BCUT2D eigenvalue weighted by Gasteiger charge is -2.18. The summed E-state index contributed by atoms with van der Waals surface area (Å²) in [5.41, 5.74) is 0. The van der Waals surface area contributed by atoms with Crippen molar-refractivity contribution in [2.24, 2.45) is 5.92 Å². The number of rotatable bonds is 1. The van der Waals surface area contributed by atoms with Crippen LogP contribution in [0.2, 0.25) is 0 Å². The summed E-state index contributed by atoms with van der Waals surface area (Å²) in [6.45, 7) is 0. The molecular formula is C7H12BrNO. The van der Waals surface area contributed by atoms with Crippen molar-refractivity contribution in [1.29, 1.82) is 0 Å². The first-order valence-corrected chi connectivity index (χ1v) is 4.54. The molecule has 1 fully saturated rings. The molecule has 0 unspecified atom stereocenters. The molecule has 0 atom stereocenters. The molecule has 58 valence electrons. The Morgan fingerprint density at radius 2 is 1.90 bits per heavy atom. The summed E-state index contributed by atoms with van der Waals surface area (Å²) < 4.78 is 2.51. The van der Waals surface area contributed by atoms with Gasteiger partial charge in [-0.25, -0.2) is 0 Å². The maximum Gasteiger partial charge on any atom is 0.232 e. The zero-order valence-electron chi connectivity index (χ0n) is 5.90. The summed E-state index contributed by atoms with van der Waals surface area (Å²) >= 11 is 2.95. The number of nitrogens with one attached hydrogen (secondary N) is 1. The van der Waals surface area contributed by atoms with E-state index in [2.05, 4.69) is 20.5 Å². The maximum atomic E-state index is 11.0. The third-order valence-electron chi connectivity index (χ3n) is 2.07. The highest BCUT2D eigenvalue weighted by molar-refractivity contribution is 9.08. The fourth-order valence-electron chi connectivity index (χ4n) is 1.44. The summed E-state index contributed by atoms with van der Waals surface area (Å²) in [6, 6.07) is 0. The molecule has 1 saturated carbocycles. The van der Waals surface area contributed by atoms with Crippen LogP contribution in [0, 0.1) is 5.92 Å². The normalized spacial score (nSPS) is 20.5. The van der Waals surface area contributed by atoms with Crippen molar-refractivity contribution >= 4 is 22.1 Å². The van der Waals surface area contributed by atoms with Gasteiger partial charge < -0.3 is 0 Å². The van der Waals surface area contributed by atoms with Crippen molar-refractivity contribution < 1.29 is 4.79 Å². The van der Waals surface area contributed by atoms with E-state index in [0.29, 0.717) is 0 Å². The summed E-state index contributed by atoms with van der Waals surface area (Å²) in [7, 11) is 0. The van der Waals surface area contributed by atoms with Crippen LogP contribution in [0.4, 0.5) is 0 Å². The van der Waals surface area contributed by atoms with E-state index in [-0.39, 0.29) is 11.8 Å². The topological polar surface area (TPSA) is 29.1 Å². The molecule has 3 heteroatoms. The monoisotopic (exact) mass is 205 g/mol. The Hall–Kier alpha value is -0.0500.